The summed E-state index contributed by atoms with van der Waals surface area (Å²) < 4.78 is 3.94. The Morgan fingerprint density at radius 3 is 2.66 bits per heavy atom. The zero-order chi connectivity index (χ0) is 22.6. The van der Waals surface area contributed by atoms with E-state index in [-0.39, 0.29) is 0 Å². The second-order valence-corrected chi connectivity index (χ2v) is 19.6. The number of alkyl halides is 4. The third kappa shape index (κ3) is 5.22. The number of benzene rings is 2. The van der Waals surface area contributed by atoms with E-state index in [4.69, 9.17) is 9.98 Å². The van der Waals surface area contributed by atoms with Crippen LogP contribution < -0.4 is 23.3 Å². The van der Waals surface area contributed by atoms with Crippen LogP contribution in [0.2, 0.25) is 0 Å². The monoisotopic (exact) mass is 540 g/mol. The van der Waals surface area contributed by atoms with Crippen LogP contribution in [0.25, 0.3) is 10.9 Å². The van der Waals surface area contributed by atoms with Gasteiger partial charge in [0.2, 0.25) is 0 Å². The molecule has 1 fully saturated rings. The van der Waals surface area contributed by atoms with E-state index in [0.717, 1.165) is 24.3 Å². The standard InChI is InChI=1S/C28H35IN3/c1-5-26(31-23(3)24-11-7-6-8-12-24)21-29(4)16-10-19-32(20-17-29)28-22(2)14-15-25-13-9-18-30-27(25)28/h5-9,11-15,18H,10,16-17,19-21H2,1-4H3/q-1/b26-5-,31-23?. The van der Waals surface area contributed by atoms with E-state index in [2.05, 4.69) is 85.2 Å². The van der Waals surface area contributed by atoms with Crippen LogP contribution in [0.5, 0.6) is 0 Å². The molecule has 1 aromatic heterocycles. The molecule has 1 unspecified atom stereocenters. The van der Waals surface area contributed by atoms with Gasteiger partial charge in [-0.1, -0.05) is 0 Å². The number of halogens is 1. The van der Waals surface area contributed by atoms with Crippen LogP contribution in [0.1, 0.15) is 31.4 Å². The Kier molecular flexibility index (Phi) is 7.29. The molecule has 2 heterocycles. The van der Waals surface area contributed by atoms with Crippen molar-refractivity contribution in [3.8, 4) is 0 Å². The number of aliphatic imine (C=N–C) groups is 1. The number of allylic oxidation sites excluding steroid dienone is 2. The number of nitrogens with zero attached hydrogens (tertiary/aromatic N) is 3. The molecule has 1 aliphatic heterocycles. The van der Waals surface area contributed by atoms with E-state index in [1.54, 1.807) is 0 Å². The van der Waals surface area contributed by atoms with Gasteiger partial charge >= 0.3 is 198 Å². The summed E-state index contributed by atoms with van der Waals surface area (Å²) in [5, 5.41) is 1.24. The van der Waals surface area contributed by atoms with Crippen LogP contribution in [-0.2, 0) is 0 Å². The minimum absolute atomic E-state index is 1.12. The van der Waals surface area contributed by atoms with E-state index in [1.165, 1.54) is 47.6 Å². The summed E-state index contributed by atoms with van der Waals surface area (Å²) in [6.07, 6.45) is 5.44. The van der Waals surface area contributed by atoms with Gasteiger partial charge in [0.05, 0.1) is 0 Å². The second kappa shape index (κ2) is 10.2. The number of pyridine rings is 1. The SMILES string of the molecule is C/C=C(/C[I-]1(C)CCCN(c2c(C)ccc3cccnc23)CC1)N=C(C)c1ccccc1. The third-order valence-corrected chi connectivity index (χ3v) is 15.5. The van der Waals surface area contributed by atoms with Crippen molar-refractivity contribution in [2.24, 2.45) is 4.99 Å². The van der Waals surface area contributed by atoms with E-state index >= 15 is 0 Å². The average molecular weight is 541 g/mol. The second-order valence-electron chi connectivity index (χ2n) is 8.87. The van der Waals surface area contributed by atoms with Crippen molar-refractivity contribution in [3.05, 3.63) is 83.7 Å². The molecule has 0 bridgehead atoms. The van der Waals surface area contributed by atoms with Gasteiger partial charge in [0.15, 0.2) is 0 Å². The summed E-state index contributed by atoms with van der Waals surface area (Å²) >= 11 is -1.94. The van der Waals surface area contributed by atoms with Crippen LogP contribution in [0.4, 0.5) is 5.69 Å². The fraction of sp³-hybridized carbons (Fsp3) is 0.357. The first-order chi connectivity index (χ1) is 15.5. The number of fused-ring (bicyclic) bond motifs is 1. The molecule has 0 saturated carbocycles. The zero-order valence-corrected chi connectivity index (χ0v) is 22.0. The fourth-order valence-corrected chi connectivity index (χ4v) is 12.3. The Hall–Kier alpha value is -2.21. The number of hydrogen-bond donors (Lipinski definition) is 0. The first-order valence-electron chi connectivity index (χ1n) is 11.5. The molecule has 1 atom stereocenters. The summed E-state index contributed by atoms with van der Waals surface area (Å²) in [6.45, 7) is 8.79. The normalized spacial score (nSPS) is 22.4. The number of rotatable bonds is 5. The molecule has 0 spiro atoms. The van der Waals surface area contributed by atoms with E-state index in [1.807, 2.05) is 12.3 Å². The minimum atomic E-state index is -1.94. The predicted molar refractivity (Wildman–Crippen MR) is 136 cm³/mol. The molecule has 2 aromatic carbocycles. The quantitative estimate of drug-likeness (QED) is 0.283. The molecule has 1 saturated heterocycles. The van der Waals surface area contributed by atoms with Crippen LogP contribution in [0.15, 0.2) is 77.6 Å². The number of aromatic nitrogens is 1. The molecule has 0 N–H and O–H groups in total. The van der Waals surface area contributed by atoms with Gasteiger partial charge in [-0.15, -0.1) is 0 Å². The molecule has 32 heavy (non-hydrogen) atoms. The van der Waals surface area contributed by atoms with Gasteiger partial charge in [-0.3, -0.25) is 0 Å². The molecule has 3 aromatic rings. The van der Waals surface area contributed by atoms with Crippen molar-refractivity contribution >= 4 is 22.3 Å². The zero-order valence-electron chi connectivity index (χ0n) is 19.8. The maximum absolute atomic E-state index is 5.07. The Balaban J connectivity index is 1.52. The average Bonchev–Trinajstić information content (AvgIpc) is 3.00. The first-order valence-corrected chi connectivity index (χ1v) is 18.2. The van der Waals surface area contributed by atoms with Crippen molar-refractivity contribution < 1.29 is 18.4 Å². The maximum atomic E-state index is 5.07. The van der Waals surface area contributed by atoms with Gasteiger partial charge < -0.3 is 0 Å². The Morgan fingerprint density at radius 2 is 1.88 bits per heavy atom. The summed E-state index contributed by atoms with van der Waals surface area (Å²) in [4.78, 5) is 15.1. The molecule has 0 amide bonds. The number of aryl methyl sites for hydroxylation is 1. The predicted octanol–water partition coefficient (Wildman–Crippen LogP) is 2.96. The van der Waals surface area contributed by atoms with Crippen molar-refractivity contribution in [2.75, 3.05) is 36.2 Å². The van der Waals surface area contributed by atoms with Crippen molar-refractivity contribution in [3.63, 3.8) is 0 Å². The van der Waals surface area contributed by atoms with Crippen molar-refractivity contribution in [2.45, 2.75) is 27.2 Å². The molecule has 0 radical (unpaired) electrons. The molecule has 3 nitrogen and oxygen atoms in total. The summed E-state index contributed by atoms with van der Waals surface area (Å²) in [5.41, 5.74) is 7.45. The summed E-state index contributed by atoms with van der Waals surface area (Å²) in [5.74, 6) is 0. The fourth-order valence-electron chi connectivity index (χ4n) is 4.53. The van der Waals surface area contributed by atoms with Gasteiger partial charge in [0.1, 0.15) is 0 Å². The molecular weight excluding hydrogens is 505 g/mol. The number of anilines is 1. The van der Waals surface area contributed by atoms with E-state index in [9.17, 15) is 0 Å². The van der Waals surface area contributed by atoms with Gasteiger partial charge in [0, 0.05) is 0 Å². The Morgan fingerprint density at radius 1 is 1.06 bits per heavy atom. The van der Waals surface area contributed by atoms with Crippen LogP contribution in [0, 0.1) is 6.92 Å². The van der Waals surface area contributed by atoms with Crippen molar-refractivity contribution in [1.29, 1.82) is 0 Å². The Labute approximate surface area is 197 Å². The molecular formula is C28H35IN3-. The van der Waals surface area contributed by atoms with Gasteiger partial charge in [0.25, 0.3) is 0 Å². The van der Waals surface area contributed by atoms with Gasteiger partial charge in [-0.2, -0.15) is 0 Å². The molecule has 170 valence electrons. The molecule has 4 heteroatoms. The van der Waals surface area contributed by atoms with E-state index < -0.39 is 18.4 Å². The topological polar surface area (TPSA) is 28.5 Å². The summed E-state index contributed by atoms with van der Waals surface area (Å²) in [7, 11) is 0. The summed E-state index contributed by atoms with van der Waals surface area (Å²) in [6, 6.07) is 19.2. The first kappa shape index (κ1) is 23.0. The molecule has 0 aliphatic carbocycles. The third-order valence-electron chi connectivity index (χ3n) is 6.39. The van der Waals surface area contributed by atoms with Crippen molar-refractivity contribution in [1.82, 2.24) is 4.98 Å². The molecule has 1 aliphatic rings. The van der Waals surface area contributed by atoms with Gasteiger partial charge in [-0.25, -0.2) is 0 Å². The van der Waals surface area contributed by atoms with Crippen LogP contribution in [0.3, 0.4) is 0 Å². The van der Waals surface area contributed by atoms with Gasteiger partial charge in [-0.05, 0) is 0 Å². The molecule has 4 rings (SSSR count). The van der Waals surface area contributed by atoms with Crippen LogP contribution >= 0.6 is 0 Å². The van der Waals surface area contributed by atoms with Crippen LogP contribution in [-0.4, -0.2) is 42.0 Å². The van der Waals surface area contributed by atoms with E-state index in [0.29, 0.717) is 0 Å². The number of hydrogen-bond acceptors (Lipinski definition) is 3. The Bertz CT molecular complexity index is 1140.